The molecule has 57 valence electrons. The van der Waals surface area contributed by atoms with Crippen molar-refractivity contribution in [1.29, 1.82) is 0 Å². The Kier molecular flexibility index (Phi) is 1.91. The van der Waals surface area contributed by atoms with Crippen molar-refractivity contribution in [1.82, 2.24) is 10.9 Å². The van der Waals surface area contributed by atoms with Gasteiger partial charge in [0.15, 0.2) is 0 Å². The number of hydrogen-bond donors (Lipinski definition) is 2. The van der Waals surface area contributed by atoms with Crippen molar-refractivity contribution in [2.45, 2.75) is 25.7 Å². The second-order valence-electron chi connectivity index (χ2n) is 3.40. The van der Waals surface area contributed by atoms with Gasteiger partial charge in [-0.1, -0.05) is 12.8 Å². The SMILES string of the molecule is [CH]1NNCC2CCCCC12. The molecule has 1 heterocycles. The molecule has 2 fully saturated rings. The molecule has 0 bridgehead atoms. The lowest BCUT2D eigenvalue weighted by Crippen LogP contribution is -2.46. The molecule has 2 atom stereocenters. The monoisotopic (exact) mass is 139 g/mol. The minimum absolute atomic E-state index is 0.856. The number of hydrogen-bond acceptors (Lipinski definition) is 2. The summed E-state index contributed by atoms with van der Waals surface area (Å²) >= 11 is 0. The predicted octanol–water partition coefficient (Wildman–Crippen LogP) is 1.06. The first kappa shape index (κ1) is 6.62. The fourth-order valence-electron chi connectivity index (χ4n) is 2.07. The van der Waals surface area contributed by atoms with Crippen molar-refractivity contribution in [2.24, 2.45) is 11.8 Å². The quantitative estimate of drug-likeness (QED) is 0.524. The van der Waals surface area contributed by atoms with E-state index in [2.05, 4.69) is 17.4 Å². The van der Waals surface area contributed by atoms with Crippen LogP contribution in [-0.4, -0.2) is 6.54 Å². The molecule has 0 aromatic heterocycles. The van der Waals surface area contributed by atoms with Gasteiger partial charge in [0.1, 0.15) is 0 Å². The molecule has 0 aromatic carbocycles. The van der Waals surface area contributed by atoms with Crippen LogP contribution < -0.4 is 10.9 Å². The molecule has 0 spiro atoms. The highest BCUT2D eigenvalue weighted by molar-refractivity contribution is 4.87. The Morgan fingerprint density at radius 1 is 1.20 bits per heavy atom. The summed E-state index contributed by atoms with van der Waals surface area (Å²) in [6.07, 6.45) is 5.70. The summed E-state index contributed by atoms with van der Waals surface area (Å²) in [7, 11) is 0. The zero-order valence-electron chi connectivity index (χ0n) is 6.27. The van der Waals surface area contributed by atoms with Crippen molar-refractivity contribution in [2.75, 3.05) is 6.54 Å². The lowest BCUT2D eigenvalue weighted by atomic mass is 9.78. The van der Waals surface area contributed by atoms with E-state index in [4.69, 9.17) is 0 Å². The van der Waals surface area contributed by atoms with E-state index in [-0.39, 0.29) is 0 Å². The molecule has 1 saturated heterocycles. The van der Waals surface area contributed by atoms with Crippen LogP contribution in [0.15, 0.2) is 0 Å². The third-order valence-corrected chi connectivity index (χ3v) is 2.73. The summed E-state index contributed by atoms with van der Waals surface area (Å²) < 4.78 is 0. The number of fused-ring (bicyclic) bond motifs is 1. The molecule has 2 rings (SSSR count). The van der Waals surface area contributed by atoms with Gasteiger partial charge in [-0.05, 0) is 24.7 Å². The van der Waals surface area contributed by atoms with Gasteiger partial charge in [0.05, 0.1) is 0 Å². The average molecular weight is 139 g/mol. The minimum Gasteiger partial charge on any atom is -0.257 e. The third kappa shape index (κ3) is 1.18. The molecule has 2 aliphatic rings. The van der Waals surface area contributed by atoms with E-state index in [0.29, 0.717) is 0 Å². The van der Waals surface area contributed by atoms with Gasteiger partial charge in [0, 0.05) is 13.1 Å². The van der Waals surface area contributed by atoms with Gasteiger partial charge in [-0.3, -0.25) is 10.9 Å². The van der Waals surface area contributed by atoms with E-state index >= 15 is 0 Å². The van der Waals surface area contributed by atoms with E-state index in [1.807, 2.05) is 0 Å². The number of hydrazine groups is 1. The van der Waals surface area contributed by atoms with Gasteiger partial charge in [-0.25, -0.2) is 0 Å². The zero-order chi connectivity index (χ0) is 6.81. The highest BCUT2D eigenvalue weighted by Crippen LogP contribution is 2.31. The van der Waals surface area contributed by atoms with Crippen LogP contribution in [0.3, 0.4) is 0 Å². The molecule has 2 nitrogen and oxygen atoms in total. The smallest absolute Gasteiger partial charge is 0.0414 e. The second-order valence-corrected chi connectivity index (χ2v) is 3.40. The lowest BCUT2D eigenvalue weighted by Gasteiger charge is -2.35. The first-order chi connectivity index (χ1) is 4.97. The highest BCUT2D eigenvalue weighted by Gasteiger charge is 2.27. The minimum atomic E-state index is 0.856. The largest absolute Gasteiger partial charge is 0.257 e. The van der Waals surface area contributed by atoms with E-state index in [9.17, 15) is 0 Å². The van der Waals surface area contributed by atoms with Crippen LogP contribution in [-0.2, 0) is 0 Å². The summed E-state index contributed by atoms with van der Waals surface area (Å²) in [5.41, 5.74) is 6.29. The normalized spacial score (nSPS) is 40.8. The summed E-state index contributed by atoms with van der Waals surface area (Å²) in [6, 6.07) is 0. The topological polar surface area (TPSA) is 24.1 Å². The standard InChI is InChI=1S/C8H15N2/c1-2-4-8-6-10-9-5-7(8)3-1/h5,7-10H,1-4,6H2. The van der Waals surface area contributed by atoms with Gasteiger partial charge < -0.3 is 0 Å². The van der Waals surface area contributed by atoms with Crippen LogP contribution in [0, 0.1) is 18.4 Å². The molecular formula is C8H15N2. The third-order valence-electron chi connectivity index (χ3n) is 2.73. The van der Waals surface area contributed by atoms with Gasteiger partial charge in [-0.2, -0.15) is 0 Å². The van der Waals surface area contributed by atoms with Crippen LogP contribution in [0.2, 0.25) is 0 Å². The molecular weight excluding hydrogens is 124 g/mol. The van der Waals surface area contributed by atoms with Crippen LogP contribution in [0.1, 0.15) is 25.7 Å². The van der Waals surface area contributed by atoms with E-state index < -0.39 is 0 Å². The maximum Gasteiger partial charge on any atom is 0.0414 e. The van der Waals surface area contributed by atoms with Gasteiger partial charge in [0.25, 0.3) is 0 Å². The Morgan fingerprint density at radius 3 is 3.00 bits per heavy atom. The van der Waals surface area contributed by atoms with Gasteiger partial charge in [0.2, 0.25) is 0 Å². The molecule has 2 N–H and O–H groups in total. The average Bonchev–Trinajstić information content (AvgIpc) is 2.05. The van der Waals surface area contributed by atoms with Gasteiger partial charge in [-0.15, -0.1) is 0 Å². The summed E-state index contributed by atoms with van der Waals surface area (Å²) in [6.45, 7) is 3.40. The maximum atomic E-state index is 3.18. The van der Waals surface area contributed by atoms with Crippen LogP contribution in [0.25, 0.3) is 0 Å². The molecule has 1 radical (unpaired) electrons. The van der Waals surface area contributed by atoms with E-state index in [1.54, 1.807) is 0 Å². The Bertz CT molecular complexity index is 87.8. The van der Waals surface area contributed by atoms with Crippen molar-refractivity contribution in [3.05, 3.63) is 6.54 Å². The van der Waals surface area contributed by atoms with E-state index in [1.165, 1.54) is 32.2 Å². The maximum absolute atomic E-state index is 3.18. The molecule has 1 saturated carbocycles. The predicted molar refractivity (Wildman–Crippen MR) is 40.9 cm³/mol. The van der Waals surface area contributed by atoms with Crippen molar-refractivity contribution in [3.63, 3.8) is 0 Å². The van der Waals surface area contributed by atoms with Crippen LogP contribution in [0.4, 0.5) is 0 Å². The Hall–Kier alpha value is -0.0800. The molecule has 10 heavy (non-hydrogen) atoms. The van der Waals surface area contributed by atoms with Crippen LogP contribution in [0.5, 0.6) is 0 Å². The second kappa shape index (κ2) is 2.89. The summed E-state index contributed by atoms with van der Waals surface area (Å²) in [4.78, 5) is 0. The van der Waals surface area contributed by atoms with Crippen molar-refractivity contribution >= 4 is 0 Å². The highest BCUT2D eigenvalue weighted by atomic mass is 15.4. The fraction of sp³-hybridized carbons (Fsp3) is 0.875. The molecule has 2 unspecified atom stereocenters. The number of nitrogens with one attached hydrogen (secondary N) is 2. The molecule has 0 aromatic rings. The Labute approximate surface area is 62.4 Å². The molecule has 1 aliphatic carbocycles. The van der Waals surface area contributed by atoms with E-state index in [0.717, 1.165) is 11.8 Å². The zero-order valence-corrected chi connectivity index (χ0v) is 6.27. The lowest BCUT2D eigenvalue weighted by molar-refractivity contribution is 0.204. The summed E-state index contributed by atoms with van der Waals surface area (Å²) in [5, 5.41) is 0. The molecule has 2 heteroatoms. The van der Waals surface area contributed by atoms with Crippen LogP contribution >= 0.6 is 0 Å². The Balaban J connectivity index is 1.93. The van der Waals surface area contributed by atoms with Gasteiger partial charge >= 0.3 is 0 Å². The number of rotatable bonds is 0. The first-order valence-electron chi connectivity index (χ1n) is 4.28. The van der Waals surface area contributed by atoms with Crippen molar-refractivity contribution < 1.29 is 0 Å². The molecule has 0 amide bonds. The molecule has 1 aliphatic heterocycles. The fourth-order valence-corrected chi connectivity index (χ4v) is 2.07. The Morgan fingerprint density at radius 2 is 2.10 bits per heavy atom. The summed E-state index contributed by atoms with van der Waals surface area (Å²) in [5.74, 6) is 1.78. The van der Waals surface area contributed by atoms with Crippen molar-refractivity contribution in [3.8, 4) is 0 Å². The first-order valence-corrected chi connectivity index (χ1v) is 4.28.